The Morgan fingerprint density at radius 1 is 1.12 bits per heavy atom. The van der Waals surface area contributed by atoms with Gasteiger partial charge in [0.2, 0.25) is 0 Å². The molecule has 2 aromatic rings. The smallest absolute Gasteiger partial charge is 0.320 e. The first-order chi connectivity index (χ1) is 15.2. The van der Waals surface area contributed by atoms with Gasteiger partial charge in [-0.2, -0.15) is 0 Å². The predicted octanol–water partition coefficient (Wildman–Crippen LogP) is 5.99. The highest BCUT2D eigenvalue weighted by molar-refractivity contribution is 7.98. The SMILES string of the molecule is CSc1ncc2c(C#C[Si](C(C)C)(C(C)C)C(C)C)cc(NC(=O)NC3CCC3)nc2n1. The van der Waals surface area contributed by atoms with Gasteiger partial charge >= 0.3 is 6.03 Å². The number of rotatable bonds is 6. The van der Waals surface area contributed by atoms with E-state index in [1.54, 1.807) is 6.20 Å². The molecule has 1 fully saturated rings. The monoisotopic (exact) mass is 469 g/mol. The van der Waals surface area contributed by atoms with E-state index in [9.17, 15) is 4.79 Å². The quantitative estimate of drug-likeness (QED) is 0.235. The van der Waals surface area contributed by atoms with Gasteiger partial charge in [0.05, 0.1) is 5.39 Å². The summed E-state index contributed by atoms with van der Waals surface area (Å²) < 4.78 is 0. The Morgan fingerprint density at radius 3 is 2.31 bits per heavy atom. The van der Waals surface area contributed by atoms with Crippen molar-refractivity contribution in [1.82, 2.24) is 20.3 Å². The average molecular weight is 470 g/mol. The highest BCUT2D eigenvalue weighted by atomic mass is 32.2. The first kappa shape index (κ1) is 24.5. The maximum atomic E-state index is 12.4. The van der Waals surface area contributed by atoms with Crippen LogP contribution in [0.2, 0.25) is 16.6 Å². The molecule has 6 nitrogen and oxygen atoms in total. The summed E-state index contributed by atoms with van der Waals surface area (Å²) in [6.07, 6.45) is 6.97. The highest BCUT2D eigenvalue weighted by Gasteiger charge is 2.41. The second-order valence-electron chi connectivity index (χ2n) is 9.52. The van der Waals surface area contributed by atoms with Crippen LogP contribution in [0, 0.1) is 11.5 Å². The average Bonchev–Trinajstić information content (AvgIpc) is 2.69. The molecule has 0 atom stereocenters. The molecule has 0 aromatic carbocycles. The number of pyridine rings is 1. The third-order valence-electron chi connectivity index (χ3n) is 6.69. The third kappa shape index (κ3) is 5.10. The van der Waals surface area contributed by atoms with Crippen molar-refractivity contribution in [2.24, 2.45) is 0 Å². The number of aromatic nitrogens is 3. The number of fused-ring (bicyclic) bond motifs is 1. The van der Waals surface area contributed by atoms with E-state index in [0.29, 0.717) is 33.2 Å². The van der Waals surface area contributed by atoms with Crippen LogP contribution in [-0.4, -0.2) is 41.4 Å². The summed E-state index contributed by atoms with van der Waals surface area (Å²) >= 11 is 1.47. The van der Waals surface area contributed by atoms with Crippen molar-refractivity contribution in [3.05, 3.63) is 17.8 Å². The van der Waals surface area contributed by atoms with Crippen LogP contribution in [0.15, 0.2) is 17.4 Å². The minimum absolute atomic E-state index is 0.227. The van der Waals surface area contributed by atoms with Crippen LogP contribution in [-0.2, 0) is 0 Å². The number of amides is 2. The highest BCUT2D eigenvalue weighted by Crippen LogP contribution is 2.41. The van der Waals surface area contributed by atoms with E-state index in [1.807, 2.05) is 12.3 Å². The number of carbonyl (C=O) groups is 1. The fraction of sp³-hybridized carbons (Fsp3) is 0.583. The third-order valence-corrected chi connectivity index (χ3v) is 13.5. The number of urea groups is 1. The van der Waals surface area contributed by atoms with Gasteiger partial charge in [-0.25, -0.2) is 19.7 Å². The Hall–Kier alpha value is -2.11. The molecule has 0 bridgehead atoms. The molecule has 0 spiro atoms. The standard InChI is InChI=1S/C24H35N5OSSi/c1-15(2)32(16(3)4,17(5)6)12-11-18-13-21(28-23(30)26-19-9-8-10-19)27-22-20(18)14-25-24(29-22)31-7/h13-17,19H,8-10H2,1-7H3,(H2,25,26,27,28,29,30). The Bertz CT molecular complexity index is 1020. The molecular weight excluding hydrogens is 434 g/mol. The van der Waals surface area contributed by atoms with Gasteiger partial charge in [-0.05, 0) is 48.2 Å². The molecule has 2 aromatic heterocycles. The zero-order valence-corrected chi connectivity index (χ0v) is 22.1. The second kappa shape index (κ2) is 10.2. The van der Waals surface area contributed by atoms with Crippen LogP contribution in [0.5, 0.6) is 0 Å². The Balaban J connectivity index is 2.06. The molecule has 1 aliphatic carbocycles. The summed E-state index contributed by atoms with van der Waals surface area (Å²) in [5.41, 5.74) is 6.75. The molecule has 1 aliphatic rings. The number of nitrogens with zero attached hydrogens (tertiary/aromatic N) is 3. The zero-order chi connectivity index (χ0) is 23.5. The minimum Gasteiger partial charge on any atom is -0.335 e. The lowest BCUT2D eigenvalue weighted by atomic mass is 9.93. The van der Waals surface area contributed by atoms with Crippen LogP contribution in [0.1, 0.15) is 66.4 Å². The van der Waals surface area contributed by atoms with Crippen molar-refractivity contribution in [3.63, 3.8) is 0 Å². The fourth-order valence-corrected chi connectivity index (χ4v) is 10.3. The largest absolute Gasteiger partial charge is 0.335 e. The first-order valence-corrected chi connectivity index (χ1v) is 15.0. The molecule has 2 heterocycles. The first-order valence-electron chi connectivity index (χ1n) is 11.5. The maximum Gasteiger partial charge on any atom is 0.320 e. The van der Waals surface area contributed by atoms with Gasteiger partial charge in [-0.1, -0.05) is 59.2 Å². The normalized spacial score (nSPS) is 14.4. The van der Waals surface area contributed by atoms with E-state index in [4.69, 9.17) is 0 Å². The van der Waals surface area contributed by atoms with Crippen LogP contribution in [0.25, 0.3) is 11.0 Å². The fourth-order valence-electron chi connectivity index (χ4n) is 4.76. The summed E-state index contributed by atoms with van der Waals surface area (Å²) in [4.78, 5) is 26.0. The number of nitrogens with one attached hydrogen (secondary N) is 2. The predicted molar refractivity (Wildman–Crippen MR) is 137 cm³/mol. The molecule has 8 heteroatoms. The summed E-state index contributed by atoms with van der Waals surface area (Å²) in [6.45, 7) is 13.8. The van der Waals surface area contributed by atoms with Crippen molar-refractivity contribution in [2.45, 2.75) is 88.6 Å². The van der Waals surface area contributed by atoms with Crippen molar-refractivity contribution in [3.8, 4) is 11.5 Å². The lowest BCUT2D eigenvalue weighted by Crippen LogP contribution is -2.43. The van der Waals surface area contributed by atoms with Crippen LogP contribution >= 0.6 is 11.8 Å². The summed E-state index contributed by atoms with van der Waals surface area (Å²) in [5.74, 6) is 3.97. The van der Waals surface area contributed by atoms with Gasteiger partial charge in [0, 0.05) is 17.8 Å². The van der Waals surface area contributed by atoms with Crippen LogP contribution in [0.4, 0.5) is 10.6 Å². The van der Waals surface area contributed by atoms with E-state index in [1.165, 1.54) is 18.2 Å². The second-order valence-corrected chi connectivity index (χ2v) is 15.9. The lowest BCUT2D eigenvalue weighted by molar-refractivity contribution is 0.240. The summed E-state index contributed by atoms with van der Waals surface area (Å²) in [5, 5.41) is 7.36. The molecule has 2 amide bonds. The number of hydrogen-bond donors (Lipinski definition) is 2. The van der Waals surface area contributed by atoms with Crippen molar-refractivity contribution >= 4 is 42.7 Å². The molecule has 2 N–H and O–H groups in total. The Morgan fingerprint density at radius 2 is 1.78 bits per heavy atom. The van der Waals surface area contributed by atoms with Crippen molar-refractivity contribution in [1.29, 1.82) is 0 Å². The van der Waals surface area contributed by atoms with E-state index in [2.05, 4.69) is 78.6 Å². The van der Waals surface area contributed by atoms with E-state index < -0.39 is 8.07 Å². The molecule has 0 unspecified atom stereocenters. The lowest BCUT2D eigenvalue weighted by Gasteiger charge is -2.38. The molecule has 3 rings (SSSR count). The summed E-state index contributed by atoms with van der Waals surface area (Å²) in [6, 6.07) is 1.89. The van der Waals surface area contributed by atoms with Crippen LogP contribution < -0.4 is 10.6 Å². The molecule has 1 saturated carbocycles. The Labute approximate surface area is 197 Å². The summed E-state index contributed by atoms with van der Waals surface area (Å²) in [7, 11) is -1.91. The van der Waals surface area contributed by atoms with Crippen molar-refractivity contribution in [2.75, 3.05) is 11.6 Å². The van der Waals surface area contributed by atoms with E-state index in [0.717, 1.165) is 23.8 Å². The number of anilines is 1. The van der Waals surface area contributed by atoms with Gasteiger partial charge in [-0.3, -0.25) is 5.32 Å². The van der Waals surface area contributed by atoms with E-state index >= 15 is 0 Å². The van der Waals surface area contributed by atoms with Gasteiger partial charge in [0.1, 0.15) is 13.9 Å². The van der Waals surface area contributed by atoms with Crippen LogP contribution in [0.3, 0.4) is 0 Å². The zero-order valence-electron chi connectivity index (χ0n) is 20.2. The topological polar surface area (TPSA) is 79.8 Å². The number of hydrogen-bond acceptors (Lipinski definition) is 5. The molecular formula is C24H35N5OSSi. The van der Waals surface area contributed by atoms with Crippen molar-refractivity contribution < 1.29 is 4.79 Å². The van der Waals surface area contributed by atoms with Gasteiger partial charge < -0.3 is 5.32 Å². The minimum atomic E-state index is -1.91. The number of thioether (sulfide) groups is 1. The van der Waals surface area contributed by atoms with Gasteiger partial charge in [-0.15, -0.1) is 5.54 Å². The molecule has 0 saturated heterocycles. The van der Waals surface area contributed by atoms with E-state index in [-0.39, 0.29) is 12.1 Å². The maximum absolute atomic E-state index is 12.4. The number of carbonyl (C=O) groups excluding carboxylic acids is 1. The molecule has 32 heavy (non-hydrogen) atoms. The van der Waals surface area contributed by atoms with Gasteiger partial charge in [0.15, 0.2) is 10.8 Å². The molecule has 172 valence electrons. The Kier molecular flexibility index (Phi) is 7.83. The molecule has 0 aliphatic heterocycles. The molecule has 0 radical (unpaired) electrons. The van der Waals surface area contributed by atoms with Gasteiger partial charge in [0.25, 0.3) is 0 Å².